The molecule has 1 aliphatic rings. The Bertz CT molecular complexity index is 3230. The smallest absolute Gasteiger partial charge is 0.296 e. The molecule has 4 N–H and O–H groups in total. The Morgan fingerprint density at radius 1 is 0.589 bits per heavy atom. The van der Waals surface area contributed by atoms with E-state index >= 15 is 0 Å². The number of azo groups is 2. The van der Waals surface area contributed by atoms with Gasteiger partial charge in [0, 0.05) is 54.3 Å². The maximum Gasteiger partial charge on any atom is 0.296 e. The lowest BCUT2D eigenvalue weighted by Crippen LogP contribution is -2.22. The second-order valence-electron chi connectivity index (χ2n) is 16.9. The van der Waals surface area contributed by atoms with E-state index in [0.29, 0.717) is 75.8 Å². The maximum atomic E-state index is 12.7. The number of hydrogen-bond donors (Lipinski definition) is 4. The van der Waals surface area contributed by atoms with Crippen LogP contribution in [0.15, 0.2) is 132 Å². The van der Waals surface area contributed by atoms with Crippen molar-refractivity contribution >= 4 is 111 Å². The quantitative estimate of drug-likeness (QED) is 0.0409. The van der Waals surface area contributed by atoms with Crippen LogP contribution in [0.4, 0.5) is 57.4 Å². The van der Waals surface area contributed by atoms with Gasteiger partial charge in [-0.1, -0.05) is 91.7 Å². The van der Waals surface area contributed by atoms with Crippen LogP contribution < -0.4 is 29.9 Å². The molecule has 1 aromatic heterocycles. The van der Waals surface area contributed by atoms with E-state index in [1.807, 2.05) is 52.0 Å². The molecule has 73 heavy (non-hydrogen) atoms. The summed E-state index contributed by atoms with van der Waals surface area (Å²) in [5, 5.41) is 28.0. The van der Waals surface area contributed by atoms with Gasteiger partial charge in [-0.25, -0.2) is 0 Å². The Hall–Kier alpha value is -6.98. The zero-order chi connectivity index (χ0) is 51.9. The molecular weight excluding hydrogens is 991 g/mol. The predicted molar refractivity (Wildman–Crippen MR) is 288 cm³/mol. The van der Waals surface area contributed by atoms with Gasteiger partial charge in [-0.2, -0.15) is 31.8 Å². The summed E-state index contributed by atoms with van der Waals surface area (Å²) < 4.78 is 83.2. The third-order valence-electron chi connectivity index (χ3n) is 12.5. The first-order chi connectivity index (χ1) is 35.1. The maximum absolute atomic E-state index is 12.7. The van der Waals surface area contributed by atoms with Crippen LogP contribution in [-0.4, -0.2) is 86.5 Å². The molecule has 0 spiro atoms. The molecule has 6 aromatic carbocycles. The van der Waals surface area contributed by atoms with Gasteiger partial charge < -0.3 is 29.9 Å². The lowest BCUT2D eigenvalue weighted by atomic mass is 10.0. The first kappa shape index (κ1) is 52.3. The Morgan fingerprint density at radius 3 is 1.41 bits per heavy atom. The zero-order valence-electron chi connectivity index (χ0n) is 41.3. The van der Waals surface area contributed by atoms with Crippen LogP contribution in [0.25, 0.3) is 21.5 Å². The van der Waals surface area contributed by atoms with E-state index in [1.54, 1.807) is 86.6 Å². The number of fused-ring (bicyclic) bond motifs is 2. The first-order valence-electron chi connectivity index (χ1n) is 23.9. The Labute approximate surface area is 429 Å². The van der Waals surface area contributed by atoms with Crippen molar-refractivity contribution in [3.63, 3.8) is 0 Å². The van der Waals surface area contributed by atoms with Gasteiger partial charge in [-0.15, -0.1) is 20.5 Å². The molecule has 0 bridgehead atoms. The standard InChI is InChI=1S/C51H57N11O8S3/c1-7-61(8-2)41-28-37(39(30-43(41)69-5)57-59-47-35-22-16-14-18-32(35)24-26-45(47)72(63,64)65)52-49-54-50(56-51(55-49)71-34-20-12-11-13-21-34)53-38-29-42(62(9-3)10-4)44(70-6)31-40(38)58-60-48-36-23-17-15-19-33(36)25-27-46(48)73(66,67)68/h14-19,22-31,34H,7-13,20-21H2,1-6H3,(H,63,64,65)(H,66,67,68)(H2,52,53,54,55,56). The van der Waals surface area contributed by atoms with Crippen LogP contribution in [0.2, 0.25) is 0 Å². The lowest BCUT2D eigenvalue weighted by Gasteiger charge is -2.25. The summed E-state index contributed by atoms with van der Waals surface area (Å²) in [6, 6.07) is 26.9. The summed E-state index contributed by atoms with van der Waals surface area (Å²) in [6.07, 6.45) is 5.26. The second-order valence-corrected chi connectivity index (χ2v) is 21.0. The summed E-state index contributed by atoms with van der Waals surface area (Å²) in [5.74, 6) is 1.20. The number of nitrogens with zero attached hydrogens (tertiary/aromatic N) is 9. The number of hydrogen-bond acceptors (Lipinski definition) is 18. The van der Waals surface area contributed by atoms with Crippen molar-refractivity contribution in [1.29, 1.82) is 0 Å². The van der Waals surface area contributed by atoms with E-state index in [2.05, 4.69) is 40.9 Å². The molecule has 0 amide bonds. The first-order valence-corrected chi connectivity index (χ1v) is 27.6. The highest BCUT2D eigenvalue weighted by molar-refractivity contribution is 7.99. The zero-order valence-corrected chi connectivity index (χ0v) is 43.7. The van der Waals surface area contributed by atoms with Crippen LogP contribution in [0.1, 0.15) is 59.8 Å². The number of methoxy groups -OCH3 is 2. The Morgan fingerprint density at radius 2 is 1.01 bits per heavy atom. The fourth-order valence-corrected chi connectivity index (χ4v) is 11.2. The minimum atomic E-state index is -4.72. The molecule has 0 aliphatic heterocycles. The summed E-state index contributed by atoms with van der Waals surface area (Å²) in [4.78, 5) is 18.2. The monoisotopic (exact) mass is 1050 g/mol. The highest BCUT2D eigenvalue weighted by atomic mass is 32.2. The molecule has 0 atom stereocenters. The molecule has 8 rings (SSSR count). The fraction of sp³-hybridized carbons (Fsp3) is 0.314. The molecular formula is C51H57N11O8S3. The van der Waals surface area contributed by atoms with Crippen molar-refractivity contribution in [2.45, 2.75) is 80.0 Å². The number of thioether (sulfide) groups is 1. The Kier molecular flexibility index (Phi) is 16.4. The normalized spacial score (nSPS) is 13.5. The van der Waals surface area contributed by atoms with Crippen LogP contribution >= 0.6 is 11.8 Å². The third kappa shape index (κ3) is 11.9. The average molecular weight is 1050 g/mol. The number of rotatable bonds is 20. The minimum Gasteiger partial charge on any atom is -0.494 e. The molecule has 22 heteroatoms. The molecule has 382 valence electrons. The third-order valence-corrected chi connectivity index (χ3v) is 15.5. The van der Waals surface area contributed by atoms with E-state index in [4.69, 9.17) is 24.4 Å². The highest BCUT2D eigenvalue weighted by Crippen LogP contribution is 2.45. The summed E-state index contributed by atoms with van der Waals surface area (Å²) in [5.41, 5.74) is 2.59. The number of nitrogens with one attached hydrogen (secondary N) is 2. The second kappa shape index (κ2) is 22.8. The van der Waals surface area contributed by atoms with Crippen molar-refractivity contribution in [1.82, 2.24) is 15.0 Å². The van der Waals surface area contributed by atoms with Gasteiger partial charge in [-0.05, 0) is 75.6 Å². The lowest BCUT2D eigenvalue weighted by molar-refractivity contribution is 0.414. The SMILES string of the molecule is CCN(CC)c1cc(Nc2nc(Nc3cc(N(CC)CC)c(OC)cc3N=Nc3c(S(=O)(=O)O)ccc4ccccc34)nc(SC3CCCCC3)n2)c(N=Nc2c(S(=O)(=O)O)ccc3ccccc23)cc1OC. The van der Waals surface area contributed by atoms with E-state index in [-0.39, 0.29) is 39.9 Å². The number of aromatic nitrogens is 3. The minimum absolute atomic E-state index is 0.0534. The van der Waals surface area contributed by atoms with Crippen LogP contribution in [0.5, 0.6) is 11.5 Å². The van der Waals surface area contributed by atoms with E-state index in [0.717, 1.165) is 43.5 Å². The average Bonchev–Trinajstić information content (AvgIpc) is 3.38. The topological polar surface area (TPSA) is 246 Å². The largest absolute Gasteiger partial charge is 0.494 e. The van der Waals surface area contributed by atoms with Crippen molar-refractivity contribution in [2.75, 3.05) is 60.8 Å². The van der Waals surface area contributed by atoms with Crippen LogP contribution in [0.3, 0.4) is 0 Å². The molecule has 1 heterocycles. The van der Waals surface area contributed by atoms with Gasteiger partial charge in [0.2, 0.25) is 11.9 Å². The molecule has 1 aliphatic carbocycles. The molecule has 1 fully saturated rings. The van der Waals surface area contributed by atoms with Crippen molar-refractivity contribution in [2.24, 2.45) is 20.5 Å². The number of benzene rings is 6. The van der Waals surface area contributed by atoms with Crippen molar-refractivity contribution < 1.29 is 35.4 Å². The van der Waals surface area contributed by atoms with E-state index < -0.39 is 30.0 Å². The van der Waals surface area contributed by atoms with Gasteiger partial charge in [0.1, 0.15) is 44.0 Å². The van der Waals surface area contributed by atoms with Gasteiger partial charge >= 0.3 is 0 Å². The summed E-state index contributed by atoms with van der Waals surface area (Å²) in [7, 11) is -6.35. The molecule has 0 unspecified atom stereocenters. The van der Waals surface area contributed by atoms with Crippen molar-refractivity contribution in [3.8, 4) is 11.5 Å². The van der Waals surface area contributed by atoms with Gasteiger partial charge in [0.25, 0.3) is 20.2 Å². The molecule has 7 aromatic rings. The van der Waals surface area contributed by atoms with Crippen LogP contribution in [0, 0.1) is 0 Å². The number of anilines is 6. The number of ether oxygens (including phenoxy) is 2. The van der Waals surface area contributed by atoms with Crippen LogP contribution in [-0.2, 0) is 20.2 Å². The molecule has 19 nitrogen and oxygen atoms in total. The molecule has 1 saturated carbocycles. The van der Waals surface area contributed by atoms with E-state index in [9.17, 15) is 25.9 Å². The highest BCUT2D eigenvalue weighted by Gasteiger charge is 2.24. The predicted octanol–water partition coefficient (Wildman–Crippen LogP) is 13.1. The Balaban J connectivity index is 1.29. The summed E-state index contributed by atoms with van der Waals surface area (Å²) >= 11 is 1.55. The van der Waals surface area contributed by atoms with Gasteiger partial charge in [0.05, 0.1) is 37.0 Å². The van der Waals surface area contributed by atoms with Gasteiger partial charge in [-0.3, -0.25) is 9.11 Å². The van der Waals surface area contributed by atoms with E-state index in [1.165, 1.54) is 12.1 Å². The summed E-state index contributed by atoms with van der Waals surface area (Å²) in [6.45, 7) is 10.6. The fourth-order valence-electron chi connectivity index (χ4n) is 8.83. The van der Waals surface area contributed by atoms with Gasteiger partial charge in [0.15, 0.2) is 5.16 Å². The molecule has 0 radical (unpaired) electrons. The molecule has 0 saturated heterocycles. The van der Waals surface area contributed by atoms with Crippen molar-refractivity contribution in [3.05, 3.63) is 97.1 Å².